The summed E-state index contributed by atoms with van der Waals surface area (Å²) in [5, 5.41) is 10.7. The standard InChI is InChI=1S/C14H18Cl2N2O/c1-17-5-4-9-6-18(8-12(9)17)7-10-11(15)2-3-13(19)14(10)16/h2-3,9,12,19H,4-8H2,1H3/t9-,12+/m0/s1. The molecule has 1 N–H and O–H groups in total. The van der Waals surface area contributed by atoms with Crippen molar-refractivity contribution in [3.8, 4) is 5.75 Å². The molecule has 19 heavy (non-hydrogen) atoms. The number of rotatable bonds is 2. The first-order valence-corrected chi connectivity index (χ1v) is 7.40. The minimum Gasteiger partial charge on any atom is -0.506 e. The van der Waals surface area contributed by atoms with Gasteiger partial charge in [0.2, 0.25) is 0 Å². The summed E-state index contributed by atoms with van der Waals surface area (Å²) in [6.07, 6.45) is 1.28. The molecule has 2 saturated heterocycles. The topological polar surface area (TPSA) is 26.7 Å². The van der Waals surface area contributed by atoms with E-state index >= 15 is 0 Å². The summed E-state index contributed by atoms with van der Waals surface area (Å²) in [5.41, 5.74) is 0.839. The van der Waals surface area contributed by atoms with Gasteiger partial charge < -0.3 is 10.0 Å². The number of benzene rings is 1. The van der Waals surface area contributed by atoms with E-state index in [1.54, 1.807) is 12.1 Å². The molecule has 2 aliphatic rings. The first-order chi connectivity index (χ1) is 9.06. The normalized spacial score (nSPS) is 27.9. The van der Waals surface area contributed by atoms with Gasteiger partial charge in [0.1, 0.15) is 5.75 Å². The van der Waals surface area contributed by atoms with E-state index in [4.69, 9.17) is 23.2 Å². The van der Waals surface area contributed by atoms with E-state index in [1.165, 1.54) is 13.0 Å². The predicted octanol–water partition coefficient (Wildman–Crippen LogP) is 2.83. The first-order valence-electron chi connectivity index (χ1n) is 6.64. The maximum atomic E-state index is 9.68. The Morgan fingerprint density at radius 3 is 2.84 bits per heavy atom. The zero-order valence-corrected chi connectivity index (χ0v) is 12.5. The molecule has 0 amide bonds. The summed E-state index contributed by atoms with van der Waals surface area (Å²) < 4.78 is 0. The number of aromatic hydroxyl groups is 1. The van der Waals surface area contributed by atoms with Crippen molar-refractivity contribution >= 4 is 23.2 Å². The van der Waals surface area contributed by atoms with E-state index in [0.717, 1.165) is 24.6 Å². The summed E-state index contributed by atoms with van der Waals surface area (Å²) >= 11 is 12.4. The van der Waals surface area contributed by atoms with Gasteiger partial charge in [0, 0.05) is 36.3 Å². The number of phenols is 1. The Balaban J connectivity index is 1.75. The van der Waals surface area contributed by atoms with Crippen LogP contribution in [-0.4, -0.2) is 47.6 Å². The van der Waals surface area contributed by atoms with Crippen molar-refractivity contribution < 1.29 is 5.11 Å². The van der Waals surface area contributed by atoms with Crippen molar-refractivity contribution in [1.29, 1.82) is 0 Å². The Hall–Kier alpha value is -0.480. The van der Waals surface area contributed by atoms with Crippen LogP contribution in [0.5, 0.6) is 5.75 Å². The highest BCUT2D eigenvalue weighted by Crippen LogP contribution is 2.36. The SMILES string of the molecule is CN1CC[C@H]2CN(Cc3c(Cl)ccc(O)c3Cl)C[C@H]21. The monoisotopic (exact) mass is 300 g/mol. The Morgan fingerprint density at radius 1 is 1.32 bits per heavy atom. The molecule has 5 heteroatoms. The lowest BCUT2D eigenvalue weighted by Crippen LogP contribution is -2.32. The third kappa shape index (κ3) is 2.45. The first kappa shape index (κ1) is 13.5. The van der Waals surface area contributed by atoms with Gasteiger partial charge >= 0.3 is 0 Å². The fourth-order valence-corrected chi connectivity index (χ4v) is 3.83. The molecule has 3 rings (SSSR count). The number of hydrogen-bond acceptors (Lipinski definition) is 3. The van der Waals surface area contributed by atoms with Crippen LogP contribution in [0.15, 0.2) is 12.1 Å². The minimum absolute atomic E-state index is 0.109. The van der Waals surface area contributed by atoms with Crippen LogP contribution in [0.2, 0.25) is 10.0 Å². The molecule has 0 aromatic heterocycles. The second-order valence-corrected chi connectivity index (χ2v) is 6.44. The summed E-state index contributed by atoms with van der Waals surface area (Å²) in [7, 11) is 2.20. The third-order valence-corrected chi connectivity index (χ3v) is 5.22. The number of likely N-dealkylation sites (N-methyl/N-ethyl adjacent to an activating group) is 1. The minimum atomic E-state index is 0.109. The van der Waals surface area contributed by atoms with E-state index in [2.05, 4.69) is 16.8 Å². The molecule has 2 fully saturated rings. The lowest BCUT2D eigenvalue weighted by Gasteiger charge is -2.21. The molecule has 0 radical (unpaired) electrons. The molecular formula is C14H18Cl2N2O. The average molecular weight is 301 g/mol. The fourth-order valence-electron chi connectivity index (χ4n) is 3.34. The summed E-state index contributed by atoms with van der Waals surface area (Å²) in [4.78, 5) is 4.83. The lowest BCUT2D eigenvalue weighted by molar-refractivity contribution is 0.255. The van der Waals surface area contributed by atoms with Gasteiger partial charge in [0.25, 0.3) is 0 Å². The van der Waals surface area contributed by atoms with Gasteiger partial charge in [-0.15, -0.1) is 0 Å². The summed E-state index contributed by atoms with van der Waals surface area (Å²) in [5.74, 6) is 0.873. The second-order valence-electron chi connectivity index (χ2n) is 5.65. The Morgan fingerprint density at radius 2 is 2.11 bits per heavy atom. The van der Waals surface area contributed by atoms with E-state index in [0.29, 0.717) is 22.6 Å². The third-order valence-electron chi connectivity index (χ3n) is 4.45. The van der Waals surface area contributed by atoms with Gasteiger partial charge in [0.15, 0.2) is 0 Å². The molecule has 0 bridgehead atoms. The zero-order chi connectivity index (χ0) is 13.6. The Kier molecular flexibility index (Phi) is 3.65. The van der Waals surface area contributed by atoms with E-state index in [9.17, 15) is 5.11 Å². The Labute approximate surface area is 123 Å². The van der Waals surface area contributed by atoms with Gasteiger partial charge in [-0.1, -0.05) is 23.2 Å². The van der Waals surface area contributed by atoms with Gasteiger partial charge in [-0.05, 0) is 38.1 Å². The number of fused-ring (bicyclic) bond motifs is 1. The van der Waals surface area contributed by atoms with Crippen LogP contribution in [0.1, 0.15) is 12.0 Å². The highest BCUT2D eigenvalue weighted by molar-refractivity contribution is 6.36. The largest absolute Gasteiger partial charge is 0.506 e. The molecule has 1 aromatic carbocycles. The van der Waals surface area contributed by atoms with Gasteiger partial charge in [-0.3, -0.25) is 4.90 Å². The van der Waals surface area contributed by atoms with Crippen LogP contribution in [0, 0.1) is 5.92 Å². The van der Waals surface area contributed by atoms with Gasteiger partial charge in [-0.25, -0.2) is 0 Å². The second kappa shape index (κ2) is 5.13. The zero-order valence-electron chi connectivity index (χ0n) is 10.9. The number of likely N-dealkylation sites (tertiary alicyclic amines) is 2. The van der Waals surface area contributed by atoms with Crippen LogP contribution < -0.4 is 0 Å². The van der Waals surface area contributed by atoms with Crippen molar-refractivity contribution in [3.63, 3.8) is 0 Å². The molecule has 1 aromatic rings. The van der Waals surface area contributed by atoms with Crippen LogP contribution in [0.3, 0.4) is 0 Å². The smallest absolute Gasteiger partial charge is 0.134 e. The molecule has 0 aliphatic carbocycles. The van der Waals surface area contributed by atoms with Crippen molar-refractivity contribution in [3.05, 3.63) is 27.7 Å². The van der Waals surface area contributed by atoms with Crippen LogP contribution in [0.4, 0.5) is 0 Å². The van der Waals surface area contributed by atoms with Crippen LogP contribution in [-0.2, 0) is 6.54 Å². The quantitative estimate of drug-likeness (QED) is 0.910. The van der Waals surface area contributed by atoms with Crippen molar-refractivity contribution in [1.82, 2.24) is 9.80 Å². The molecule has 0 unspecified atom stereocenters. The highest BCUT2D eigenvalue weighted by Gasteiger charge is 2.39. The molecule has 2 aliphatic heterocycles. The number of phenolic OH excluding ortho intramolecular Hbond substituents is 1. The van der Waals surface area contributed by atoms with Gasteiger partial charge in [0.05, 0.1) is 5.02 Å². The number of nitrogens with zero attached hydrogens (tertiary/aromatic N) is 2. The molecule has 2 atom stereocenters. The number of halogens is 2. The van der Waals surface area contributed by atoms with Crippen LogP contribution in [0.25, 0.3) is 0 Å². The molecule has 3 nitrogen and oxygen atoms in total. The molecule has 0 spiro atoms. The number of hydrogen-bond donors (Lipinski definition) is 1. The summed E-state index contributed by atoms with van der Waals surface area (Å²) in [6.45, 7) is 4.07. The Bertz CT molecular complexity index is 495. The highest BCUT2D eigenvalue weighted by atomic mass is 35.5. The summed E-state index contributed by atoms with van der Waals surface area (Å²) in [6, 6.07) is 3.91. The molecular weight excluding hydrogens is 283 g/mol. The maximum Gasteiger partial charge on any atom is 0.134 e. The van der Waals surface area contributed by atoms with Crippen molar-refractivity contribution in [2.45, 2.75) is 19.0 Å². The molecule has 0 saturated carbocycles. The van der Waals surface area contributed by atoms with Crippen molar-refractivity contribution in [2.75, 3.05) is 26.7 Å². The van der Waals surface area contributed by atoms with Crippen molar-refractivity contribution in [2.24, 2.45) is 5.92 Å². The maximum absolute atomic E-state index is 9.68. The average Bonchev–Trinajstić information content (AvgIpc) is 2.92. The molecule has 104 valence electrons. The lowest BCUT2D eigenvalue weighted by atomic mass is 10.1. The predicted molar refractivity (Wildman–Crippen MR) is 77.9 cm³/mol. The molecule has 2 heterocycles. The fraction of sp³-hybridized carbons (Fsp3) is 0.571. The van der Waals surface area contributed by atoms with E-state index < -0.39 is 0 Å². The van der Waals surface area contributed by atoms with E-state index in [-0.39, 0.29) is 5.75 Å². The van der Waals surface area contributed by atoms with E-state index in [1.807, 2.05) is 0 Å². The van der Waals surface area contributed by atoms with Crippen LogP contribution >= 0.6 is 23.2 Å². The van der Waals surface area contributed by atoms with Gasteiger partial charge in [-0.2, -0.15) is 0 Å².